The summed E-state index contributed by atoms with van der Waals surface area (Å²) in [6.45, 7) is 2.38. The molecule has 26 heavy (non-hydrogen) atoms. The predicted molar refractivity (Wildman–Crippen MR) is 98.1 cm³/mol. The number of morpholine rings is 1. The first-order chi connectivity index (χ1) is 12.6. The average Bonchev–Trinajstić information content (AvgIpc) is 3.01. The summed E-state index contributed by atoms with van der Waals surface area (Å²) in [5.41, 5.74) is 2.23. The maximum absolute atomic E-state index is 14.2. The van der Waals surface area contributed by atoms with Gasteiger partial charge in [0.25, 0.3) is 5.91 Å². The number of aromatic nitrogens is 2. The lowest BCUT2D eigenvalue weighted by atomic mass is 10.2. The lowest BCUT2D eigenvalue weighted by molar-refractivity contribution is 0.102. The Labute approximate surface area is 150 Å². The molecule has 1 N–H and O–H groups in total. The van der Waals surface area contributed by atoms with E-state index >= 15 is 0 Å². The van der Waals surface area contributed by atoms with Crippen LogP contribution in [0.1, 0.15) is 10.5 Å². The SMILES string of the molecule is Cn1nc(C(=O)Nc2ccc(F)c(N3CCOCC3)c2)c2ccccc21. The predicted octanol–water partition coefficient (Wildman–Crippen LogP) is 2.80. The number of carbonyl (C=O) groups excluding carboxylic acids is 1. The number of anilines is 2. The fourth-order valence-corrected chi connectivity index (χ4v) is 3.21. The van der Waals surface area contributed by atoms with Gasteiger partial charge in [-0.2, -0.15) is 5.10 Å². The normalized spacial score (nSPS) is 14.6. The molecular weight excluding hydrogens is 335 g/mol. The molecule has 0 bridgehead atoms. The van der Waals surface area contributed by atoms with E-state index in [-0.39, 0.29) is 11.7 Å². The van der Waals surface area contributed by atoms with E-state index in [1.807, 2.05) is 29.2 Å². The third-order valence-corrected chi connectivity index (χ3v) is 4.53. The van der Waals surface area contributed by atoms with E-state index in [1.165, 1.54) is 6.07 Å². The number of ether oxygens (including phenoxy) is 1. The van der Waals surface area contributed by atoms with Gasteiger partial charge >= 0.3 is 0 Å². The van der Waals surface area contributed by atoms with Gasteiger partial charge in [-0.3, -0.25) is 9.48 Å². The number of hydrogen-bond donors (Lipinski definition) is 1. The summed E-state index contributed by atoms with van der Waals surface area (Å²) in [6, 6.07) is 12.1. The largest absolute Gasteiger partial charge is 0.378 e. The highest BCUT2D eigenvalue weighted by Crippen LogP contribution is 2.25. The Morgan fingerprint density at radius 2 is 1.96 bits per heavy atom. The van der Waals surface area contributed by atoms with Crippen LogP contribution in [-0.2, 0) is 11.8 Å². The van der Waals surface area contributed by atoms with Gasteiger partial charge in [0.1, 0.15) is 5.82 Å². The Balaban J connectivity index is 1.61. The summed E-state index contributed by atoms with van der Waals surface area (Å²) >= 11 is 0. The number of fused-ring (bicyclic) bond motifs is 1. The van der Waals surface area contributed by atoms with Crippen LogP contribution in [0.5, 0.6) is 0 Å². The van der Waals surface area contributed by atoms with Crippen molar-refractivity contribution in [3.63, 3.8) is 0 Å². The molecule has 1 amide bonds. The van der Waals surface area contributed by atoms with E-state index in [2.05, 4.69) is 10.4 Å². The molecule has 7 heteroatoms. The van der Waals surface area contributed by atoms with Crippen LogP contribution in [-0.4, -0.2) is 42.0 Å². The quantitative estimate of drug-likeness (QED) is 0.786. The zero-order valence-corrected chi connectivity index (χ0v) is 14.4. The molecule has 6 nitrogen and oxygen atoms in total. The molecule has 1 aliphatic rings. The molecular formula is C19H19FN4O2. The minimum Gasteiger partial charge on any atom is -0.378 e. The molecule has 0 radical (unpaired) electrons. The summed E-state index contributed by atoms with van der Waals surface area (Å²) in [5.74, 6) is -0.630. The summed E-state index contributed by atoms with van der Waals surface area (Å²) in [6.07, 6.45) is 0. The zero-order chi connectivity index (χ0) is 18.1. The number of carbonyl (C=O) groups is 1. The average molecular weight is 354 g/mol. The van der Waals surface area contributed by atoms with Crippen molar-refractivity contribution in [1.82, 2.24) is 9.78 Å². The standard InChI is InChI=1S/C19H19FN4O2/c1-23-16-5-3-2-4-14(16)18(22-23)19(25)21-13-6-7-15(20)17(12-13)24-8-10-26-11-9-24/h2-7,12H,8-11H2,1H3,(H,21,25). The number of hydrogen-bond acceptors (Lipinski definition) is 4. The van der Waals surface area contributed by atoms with Gasteiger partial charge in [-0.15, -0.1) is 0 Å². The van der Waals surface area contributed by atoms with Crippen LogP contribution < -0.4 is 10.2 Å². The second-order valence-corrected chi connectivity index (χ2v) is 6.21. The molecule has 0 saturated carbocycles. The van der Waals surface area contributed by atoms with Gasteiger partial charge in [0.2, 0.25) is 0 Å². The molecule has 4 rings (SSSR count). The molecule has 2 heterocycles. The molecule has 3 aromatic rings. The Morgan fingerprint density at radius 3 is 2.77 bits per heavy atom. The van der Waals surface area contributed by atoms with E-state index in [4.69, 9.17) is 4.74 Å². The molecule has 1 fully saturated rings. The number of nitrogens with zero attached hydrogens (tertiary/aromatic N) is 3. The number of amides is 1. The molecule has 1 aliphatic heterocycles. The second kappa shape index (κ2) is 6.76. The summed E-state index contributed by atoms with van der Waals surface area (Å²) < 4.78 is 21.2. The highest BCUT2D eigenvalue weighted by Gasteiger charge is 2.19. The fourth-order valence-electron chi connectivity index (χ4n) is 3.21. The van der Waals surface area contributed by atoms with Crippen LogP contribution in [0.2, 0.25) is 0 Å². The van der Waals surface area contributed by atoms with Crippen molar-refractivity contribution >= 4 is 28.2 Å². The molecule has 1 saturated heterocycles. The van der Waals surface area contributed by atoms with E-state index in [0.717, 1.165) is 10.9 Å². The lowest BCUT2D eigenvalue weighted by Crippen LogP contribution is -2.36. The first-order valence-corrected chi connectivity index (χ1v) is 8.49. The number of rotatable bonds is 3. The van der Waals surface area contributed by atoms with Crippen molar-refractivity contribution in [2.75, 3.05) is 36.5 Å². The van der Waals surface area contributed by atoms with Crippen molar-refractivity contribution in [3.8, 4) is 0 Å². The topological polar surface area (TPSA) is 59.4 Å². The molecule has 0 spiro atoms. The number of para-hydroxylation sites is 1. The highest BCUT2D eigenvalue weighted by molar-refractivity contribution is 6.11. The molecule has 1 aromatic heterocycles. The van der Waals surface area contributed by atoms with Gasteiger partial charge in [-0.1, -0.05) is 18.2 Å². The van der Waals surface area contributed by atoms with Crippen LogP contribution in [0.3, 0.4) is 0 Å². The third kappa shape index (κ3) is 3.01. The van der Waals surface area contributed by atoms with Crippen molar-refractivity contribution in [2.45, 2.75) is 0 Å². The Morgan fingerprint density at radius 1 is 1.19 bits per heavy atom. The fraction of sp³-hybridized carbons (Fsp3) is 0.263. The molecule has 2 aromatic carbocycles. The molecule has 0 aliphatic carbocycles. The number of halogens is 1. The zero-order valence-electron chi connectivity index (χ0n) is 14.4. The first-order valence-electron chi connectivity index (χ1n) is 8.49. The van der Waals surface area contributed by atoms with Crippen LogP contribution in [0, 0.1) is 5.82 Å². The monoisotopic (exact) mass is 354 g/mol. The van der Waals surface area contributed by atoms with Crippen molar-refractivity contribution in [3.05, 3.63) is 54.0 Å². The van der Waals surface area contributed by atoms with Gasteiger partial charge in [-0.05, 0) is 24.3 Å². The van der Waals surface area contributed by atoms with E-state index in [9.17, 15) is 9.18 Å². The molecule has 134 valence electrons. The Bertz CT molecular complexity index is 963. The van der Waals surface area contributed by atoms with Crippen LogP contribution in [0.15, 0.2) is 42.5 Å². The minimum atomic E-state index is -0.318. The summed E-state index contributed by atoms with van der Waals surface area (Å²) in [4.78, 5) is 14.6. The van der Waals surface area contributed by atoms with Gasteiger partial charge in [0.05, 0.1) is 24.4 Å². The van der Waals surface area contributed by atoms with Gasteiger partial charge in [0, 0.05) is 31.2 Å². The first kappa shape index (κ1) is 16.5. The lowest BCUT2D eigenvalue weighted by Gasteiger charge is -2.29. The van der Waals surface area contributed by atoms with Crippen molar-refractivity contribution in [2.24, 2.45) is 7.05 Å². The van der Waals surface area contributed by atoms with Crippen LogP contribution >= 0.6 is 0 Å². The number of aryl methyl sites for hydroxylation is 1. The maximum atomic E-state index is 14.2. The van der Waals surface area contributed by atoms with E-state index < -0.39 is 0 Å². The van der Waals surface area contributed by atoms with Gasteiger partial charge in [0.15, 0.2) is 5.69 Å². The van der Waals surface area contributed by atoms with Crippen LogP contribution in [0.25, 0.3) is 10.9 Å². The van der Waals surface area contributed by atoms with Gasteiger partial charge < -0.3 is 15.0 Å². The van der Waals surface area contributed by atoms with E-state index in [0.29, 0.717) is 43.4 Å². The third-order valence-electron chi connectivity index (χ3n) is 4.53. The summed E-state index contributed by atoms with van der Waals surface area (Å²) in [5, 5.41) is 7.93. The highest BCUT2D eigenvalue weighted by atomic mass is 19.1. The second-order valence-electron chi connectivity index (χ2n) is 6.21. The van der Waals surface area contributed by atoms with Gasteiger partial charge in [-0.25, -0.2) is 4.39 Å². The Hall–Kier alpha value is -2.93. The number of nitrogens with one attached hydrogen (secondary N) is 1. The Kier molecular flexibility index (Phi) is 4.30. The van der Waals surface area contributed by atoms with Crippen LogP contribution in [0.4, 0.5) is 15.8 Å². The number of benzene rings is 2. The van der Waals surface area contributed by atoms with Crippen molar-refractivity contribution < 1.29 is 13.9 Å². The maximum Gasteiger partial charge on any atom is 0.276 e. The molecule has 0 atom stereocenters. The minimum absolute atomic E-state index is 0.312. The van der Waals surface area contributed by atoms with Crippen molar-refractivity contribution in [1.29, 1.82) is 0 Å². The molecule has 0 unspecified atom stereocenters. The smallest absolute Gasteiger partial charge is 0.276 e. The summed E-state index contributed by atoms with van der Waals surface area (Å²) in [7, 11) is 1.80. The van der Waals surface area contributed by atoms with E-state index in [1.54, 1.807) is 23.9 Å².